The van der Waals surface area contributed by atoms with Crippen molar-refractivity contribution in [2.75, 3.05) is 52.4 Å². The molecule has 6 rings (SSSR count). The first-order valence-electron chi connectivity index (χ1n) is 18.4. The maximum absolute atomic E-state index is 14.8. The number of carbonyl (C=O) groups is 2. The molecule has 1 atom stereocenters. The van der Waals surface area contributed by atoms with Crippen LogP contribution in [0.25, 0.3) is 11.1 Å². The fraction of sp³-hybridized carbons (Fsp3) is 0.381. The molecule has 4 aromatic carbocycles. The minimum atomic E-state index is -0.720. The molecule has 8 nitrogen and oxygen atoms in total. The lowest BCUT2D eigenvalue weighted by atomic mass is 9.88. The molecular formula is C42H47Cl2FN4O4. The predicted octanol–water partition coefficient (Wildman–Crippen LogP) is 8.09. The quantitative estimate of drug-likeness (QED) is 0.149. The summed E-state index contributed by atoms with van der Waals surface area (Å²) < 4.78 is 26.0. The Bertz CT molecular complexity index is 1830. The van der Waals surface area contributed by atoms with Crippen LogP contribution in [-0.4, -0.2) is 85.2 Å². The second-order valence-corrected chi connectivity index (χ2v) is 14.5. The summed E-state index contributed by atoms with van der Waals surface area (Å²) in [5, 5.41) is 4.35. The summed E-state index contributed by atoms with van der Waals surface area (Å²) in [4.78, 5) is 33.7. The van der Waals surface area contributed by atoms with Gasteiger partial charge in [-0.05, 0) is 92.2 Å². The molecule has 2 aliphatic heterocycles. The average Bonchev–Trinajstić information content (AvgIpc) is 3.18. The molecule has 4 aromatic rings. The van der Waals surface area contributed by atoms with Gasteiger partial charge >= 0.3 is 6.09 Å². The molecule has 0 bridgehead atoms. The van der Waals surface area contributed by atoms with Gasteiger partial charge < -0.3 is 24.6 Å². The summed E-state index contributed by atoms with van der Waals surface area (Å²) in [6, 6.07) is 27.4. The lowest BCUT2D eigenvalue weighted by Crippen LogP contribution is -2.58. The number of nitrogens with one attached hydrogen (secondary N) is 1. The van der Waals surface area contributed by atoms with E-state index in [-0.39, 0.29) is 24.2 Å². The maximum Gasteiger partial charge on any atom is 0.408 e. The summed E-state index contributed by atoms with van der Waals surface area (Å²) in [7, 11) is 0. The lowest BCUT2D eigenvalue weighted by Gasteiger charge is -2.40. The van der Waals surface area contributed by atoms with Gasteiger partial charge in [0.15, 0.2) is 0 Å². The Morgan fingerprint density at radius 2 is 1.58 bits per heavy atom. The Morgan fingerprint density at radius 3 is 2.32 bits per heavy atom. The largest absolute Gasteiger partial charge is 0.493 e. The number of hydrogen-bond donors (Lipinski definition) is 1. The molecule has 280 valence electrons. The molecule has 2 saturated heterocycles. The molecule has 0 saturated carbocycles. The molecule has 2 fully saturated rings. The van der Waals surface area contributed by atoms with Gasteiger partial charge in [0.1, 0.15) is 24.2 Å². The van der Waals surface area contributed by atoms with Crippen molar-refractivity contribution in [2.45, 2.75) is 45.4 Å². The van der Waals surface area contributed by atoms with E-state index in [4.69, 9.17) is 32.7 Å². The number of ether oxygens (including phenoxy) is 2. The van der Waals surface area contributed by atoms with Gasteiger partial charge in [-0.15, -0.1) is 0 Å². The minimum absolute atomic E-state index is 0.0573. The highest BCUT2D eigenvalue weighted by Crippen LogP contribution is 2.33. The van der Waals surface area contributed by atoms with Crippen molar-refractivity contribution in [1.82, 2.24) is 20.0 Å². The second-order valence-electron chi connectivity index (χ2n) is 13.6. The summed E-state index contributed by atoms with van der Waals surface area (Å²) in [6.45, 7) is 7.34. The normalized spacial score (nSPS) is 16.3. The smallest absolute Gasteiger partial charge is 0.408 e. The minimum Gasteiger partial charge on any atom is -0.493 e. The predicted molar refractivity (Wildman–Crippen MR) is 208 cm³/mol. The van der Waals surface area contributed by atoms with Crippen molar-refractivity contribution < 1.29 is 23.5 Å². The highest BCUT2D eigenvalue weighted by molar-refractivity contribution is 6.33. The number of piperidine rings is 1. The van der Waals surface area contributed by atoms with Gasteiger partial charge in [-0.3, -0.25) is 9.69 Å². The highest BCUT2D eigenvalue weighted by atomic mass is 35.5. The Kier molecular flexibility index (Phi) is 13.6. The van der Waals surface area contributed by atoms with Gasteiger partial charge in [0, 0.05) is 60.4 Å². The average molecular weight is 762 g/mol. The Morgan fingerprint density at radius 1 is 0.849 bits per heavy atom. The summed E-state index contributed by atoms with van der Waals surface area (Å²) in [6.07, 6.45) is 1.68. The van der Waals surface area contributed by atoms with Gasteiger partial charge in [0.05, 0.1) is 6.61 Å². The van der Waals surface area contributed by atoms with Crippen LogP contribution in [0, 0.1) is 11.7 Å². The van der Waals surface area contributed by atoms with E-state index in [1.54, 1.807) is 12.1 Å². The third kappa shape index (κ3) is 10.3. The molecule has 11 heteroatoms. The first-order valence-corrected chi connectivity index (χ1v) is 19.2. The van der Waals surface area contributed by atoms with Gasteiger partial charge in [-0.25, -0.2) is 9.18 Å². The SMILES string of the molecule is CCOc1cccc(F)c1CN1CCN(C(=O)[C@H](NC(=O)OCc2ccccc2)C2CCN(CCc3cc(Cl)ccc3-c3ccccc3Cl)CC2)CC1. The monoisotopic (exact) mass is 760 g/mol. The number of nitrogens with zero attached hydrogens (tertiary/aromatic N) is 3. The number of halogens is 3. The standard InChI is InChI=1S/C42H47Cl2FN4O4/c1-2-52-39-14-8-13-38(45)36(39)28-48-23-25-49(26-24-48)41(50)40(46-42(51)53-29-30-9-4-3-5-10-30)31-17-20-47(21-18-31)22-19-32-27-33(43)15-16-34(32)35-11-6-7-12-37(35)44/h3-16,27,31,40H,2,17-26,28-29H2,1H3,(H,46,51)/t40-/m1/s1. The van der Waals surface area contributed by atoms with Crippen molar-refractivity contribution in [1.29, 1.82) is 0 Å². The number of alkyl carbamates (subject to hydrolysis) is 1. The van der Waals surface area contributed by atoms with Crippen LogP contribution in [0.15, 0.2) is 91.0 Å². The third-order valence-electron chi connectivity index (χ3n) is 10.2. The number of piperazine rings is 1. The van der Waals surface area contributed by atoms with E-state index in [0.717, 1.165) is 61.2 Å². The molecule has 2 aliphatic rings. The summed E-state index contributed by atoms with van der Waals surface area (Å²) in [5.74, 6) is 0.0824. The number of rotatable bonds is 13. The van der Waals surface area contributed by atoms with Crippen molar-refractivity contribution in [2.24, 2.45) is 5.92 Å². The summed E-state index contributed by atoms with van der Waals surface area (Å²) in [5.41, 5.74) is 4.58. The molecule has 0 aromatic heterocycles. The van der Waals surface area contributed by atoms with Crippen molar-refractivity contribution in [3.05, 3.63) is 124 Å². The Hall–Kier alpha value is -4.15. The topological polar surface area (TPSA) is 74.3 Å². The number of amides is 2. The Balaban J connectivity index is 1.08. The molecule has 0 aliphatic carbocycles. The number of carbonyl (C=O) groups excluding carboxylic acids is 2. The summed E-state index contributed by atoms with van der Waals surface area (Å²) >= 11 is 13.0. The van der Waals surface area contributed by atoms with Crippen LogP contribution in [-0.2, 0) is 29.1 Å². The fourth-order valence-electron chi connectivity index (χ4n) is 7.30. The maximum atomic E-state index is 14.8. The van der Waals surface area contributed by atoms with Crippen LogP contribution in [0.3, 0.4) is 0 Å². The van der Waals surface area contributed by atoms with Crippen LogP contribution in [0.4, 0.5) is 9.18 Å². The zero-order valence-corrected chi connectivity index (χ0v) is 31.6. The van der Waals surface area contributed by atoms with Gasteiger partial charge in [0.2, 0.25) is 5.91 Å². The van der Waals surface area contributed by atoms with Crippen LogP contribution in [0.2, 0.25) is 10.0 Å². The van der Waals surface area contributed by atoms with E-state index in [0.29, 0.717) is 60.7 Å². The Labute approximate surface area is 321 Å². The first-order chi connectivity index (χ1) is 25.8. The highest BCUT2D eigenvalue weighted by Gasteiger charge is 2.37. The molecule has 0 unspecified atom stereocenters. The molecule has 53 heavy (non-hydrogen) atoms. The third-order valence-corrected chi connectivity index (χ3v) is 10.8. The fourth-order valence-corrected chi connectivity index (χ4v) is 7.73. The number of benzene rings is 4. The van der Waals surface area contributed by atoms with Crippen molar-refractivity contribution in [3.8, 4) is 16.9 Å². The van der Waals surface area contributed by atoms with Gasteiger partial charge in [-0.2, -0.15) is 0 Å². The van der Waals surface area contributed by atoms with Crippen LogP contribution < -0.4 is 10.1 Å². The van der Waals surface area contributed by atoms with E-state index in [1.807, 2.05) is 84.6 Å². The van der Waals surface area contributed by atoms with E-state index >= 15 is 0 Å². The van der Waals surface area contributed by atoms with Gasteiger partial charge in [-0.1, -0.05) is 83.9 Å². The van der Waals surface area contributed by atoms with Crippen LogP contribution >= 0.6 is 23.2 Å². The molecule has 1 N–H and O–H groups in total. The molecule has 2 heterocycles. The van der Waals surface area contributed by atoms with E-state index in [9.17, 15) is 14.0 Å². The van der Waals surface area contributed by atoms with Gasteiger partial charge in [0.25, 0.3) is 0 Å². The zero-order chi connectivity index (χ0) is 37.2. The van der Waals surface area contributed by atoms with E-state index < -0.39 is 12.1 Å². The first kappa shape index (κ1) is 38.6. The van der Waals surface area contributed by atoms with E-state index in [2.05, 4.69) is 15.1 Å². The van der Waals surface area contributed by atoms with Crippen LogP contribution in [0.1, 0.15) is 36.5 Å². The number of hydrogen-bond acceptors (Lipinski definition) is 6. The molecule has 2 amide bonds. The van der Waals surface area contributed by atoms with Crippen LogP contribution in [0.5, 0.6) is 5.75 Å². The molecular weight excluding hydrogens is 714 g/mol. The number of likely N-dealkylation sites (tertiary alicyclic amines) is 1. The molecule has 0 radical (unpaired) electrons. The lowest BCUT2D eigenvalue weighted by molar-refractivity contribution is -0.137. The van der Waals surface area contributed by atoms with Crippen molar-refractivity contribution >= 4 is 35.2 Å². The zero-order valence-electron chi connectivity index (χ0n) is 30.1. The van der Waals surface area contributed by atoms with E-state index in [1.165, 1.54) is 6.07 Å². The molecule has 0 spiro atoms. The second kappa shape index (κ2) is 18.7. The van der Waals surface area contributed by atoms with Crippen molar-refractivity contribution in [3.63, 3.8) is 0 Å².